The van der Waals surface area contributed by atoms with E-state index in [4.69, 9.17) is 5.14 Å². The van der Waals surface area contributed by atoms with Crippen molar-refractivity contribution >= 4 is 10.0 Å². The number of hydrogen-bond acceptors (Lipinski definition) is 2. The maximum atomic E-state index is 11.4. The lowest BCUT2D eigenvalue weighted by Crippen LogP contribution is -2.13. The van der Waals surface area contributed by atoms with Crippen molar-refractivity contribution in [3.63, 3.8) is 0 Å². The molecule has 0 amide bonds. The summed E-state index contributed by atoms with van der Waals surface area (Å²) in [6, 6.07) is 14.1. The molecule has 96 valence electrons. The molecular formula is C15H13NO2S. The zero-order valence-electron chi connectivity index (χ0n) is 10.4. The van der Waals surface area contributed by atoms with Gasteiger partial charge in [-0.25, -0.2) is 13.6 Å². The molecule has 2 aromatic rings. The molecule has 2 N–H and O–H groups in total. The number of rotatable bonds is 1. The molecule has 0 aromatic heterocycles. The molecule has 0 saturated carbocycles. The summed E-state index contributed by atoms with van der Waals surface area (Å²) in [6.07, 6.45) is 0. The van der Waals surface area contributed by atoms with E-state index in [9.17, 15) is 8.42 Å². The van der Waals surface area contributed by atoms with Crippen molar-refractivity contribution in [3.05, 3.63) is 65.2 Å². The highest BCUT2D eigenvalue weighted by Gasteiger charge is 2.11. The van der Waals surface area contributed by atoms with Crippen LogP contribution in [-0.2, 0) is 10.0 Å². The second kappa shape index (κ2) is 5.27. The first-order valence-electron chi connectivity index (χ1n) is 5.67. The fourth-order valence-electron chi connectivity index (χ4n) is 1.59. The minimum absolute atomic E-state index is 0.0506. The largest absolute Gasteiger partial charge is 0.239 e. The lowest BCUT2D eigenvalue weighted by Gasteiger charge is -2.00. The van der Waals surface area contributed by atoms with Gasteiger partial charge in [0, 0.05) is 11.1 Å². The van der Waals surface area contributed by atoms with Crippen LogP contribution in [0.2, 0.25) is 0 Å². The summed E-state index contributed by atoms with van der Waals surface area (Å²) in [5.74, 6) is 5.78. The van der Waals surface area contributed by atoms with Gasteiger partial charge in [-0.3, -0.25) is 0 Å². The van der Waals surface area contributed by atoms with E-state index in [2.05, 4.69) is 11.8 Å². The van der Waals surface area contributed by atoms with Crippen molar-refractivity contribution in [1.29, 1.82) is 0 Å². The van der Waals surface area contributed by atoms with Gasteiger partial charge in [0.1, 0.15) is 0 Å². The minimum atomic E-state index is -3.75. The molecule has 0 aliphatic carbocycles. The molecular weight excluding hydrogens is 258 g/mol. The van der Waals surface area contributed by atoms with E-state index in [0.717, 1.165) is 11.1 Å². The number of aryl methyl sites for hydroxylation is 1. The molecule has 0 radical (unpaired) electrons. The van der Waals surface area contributed by atoms with Crippen LogP contribution in [0.3, 0.4) is 0 Å². The smallest absolute Gasteiger partial charge is 0.225 e. The van der Waals surface area contributed by atoms with Gasteiger partial charge in [-0.1, -0.05) is 41.7 Å². The van der Waals surface area contributed by atoms with E-state index in [0.29, 0.717) is 5.56 Å². The maximum absolute atomic E-state index is 11.4. The molecule has 4 heteroatoms. The standard InChI is InChI=1S/C15H13NO2S/c1-12-6-8-13(9-7-12)10-11-14-4-2-3-5-15(14)19(16,17)18/h2-9H,1H3,(H2,16,17,18). The molecule has 2 aromatic carbocycles. The highest BCUT2D eigenvalue weighted by atomic mass is 32.2. The van der Waals surface area contributed by atoms with Crippen LogP contribution in [0.1, 0.15) is 16.7 Å². The SMILES string of the molecule is Cc1ccc(C#Cc2ccccc2S(N)(=O)=O)cc1. The quantitative estimate of drug-likeness (QED) is 0.807. The first-order valence-corrected chi connectivity index (χ1v) is 7.22. The van der Waals surface area contributed by atoms with Gasteiger partial charge in [-0.15, -0.1) is 0 Å². The Kier molecular flexibility index (Phi) is 3.70. The predicted octanol–water partition coefficient (Wildman–Crippen LogP) is 2.04. The summed E-state index contributed by atoms with van der Waals surface area (Å²) in [5.41, 5.74) is 2.39. The Morgan fingerprint density at radius 3 is 2.21 bits per heavy atom. The van der Waals surface area contributed by atoms with Crippen LogP contribution in [0.15, 0.2) is 53.4 Å². The Bertz CT molecular complexity index is 751. The van der Waals surface area contributed by atoms with Crippen molar-refractivity contribution in [3.8, 4) is 11.8 Å². The van der Waals surface area contributed by atoms with Gasteiger partial charge in [0.2, 0.25) is 10.0 Å². The molecule has 0 fully saturated rings. The molecule has 0 saturated heterocycles. The molecule has 0 atom stereocenters. The van der Waals surface area contributed by atoms with E-state index in [1.807, 2.05) is 31.2 Å². The summed E-state index contributed by atoms with van der Waals surface area (Å²) < 4.78 is 22.8. The number of sulfonamides is 1. The Labute approximate surface area is 113 Å². The Morgan fingerprint density at radius 2 is 1.58 bits per heavy atom. The Morgan fingerprint density at radius 1 is 0.947 bits per heavy atom. The number of hydrogen-bond donors (Lipinski definition) is 1. The highest BCUT2D eigenvalue weighted by molar-refractivity contribution is 7.89. The molecule has 2 rings (SSSR count). The number of benzene rings is 2. The molecule has 0 aliphatic heterocycles. The lowest BCUT2D eigenvalue weighted by atomic mass is 10.1. The average molecular weight is 271 g/mol. The Balaban J connectivity index is 2.43. The van der Waals surface area contributed by atoms with Crippen LogP contribution in [0.4, 0.5) is 0 Å². The van der Waals surface area contributed by atoms with Gasteiger partial charge in [0.05, 0.1) is 4.90 Å². The van der Waals surface area contributed by atoms with Crippen LogP contribution in [0.25, 0.3) is 0 Å². The average Bonchev–Trinajstić information content (AvgIpc) is 2.37. The van der Waals surface area contributed by atoms with Gasteiger partial charge >= 0.3 is 0 Å². The molecule has 0 aliphatic rings. The fraction of sp³-hybridized carbons (Fsp3) is 0.0667. The molecule has 0 spiro atoms. The first kappa shape index (κ1) is 13.3. The number of nitrogens with two attached hydrogens (primary N) is 1. The van der Waals surface area contributed by atoms with Crippen molar-refractivity contribution in [2.45, 2.75) is 11.8 Å². The van der Waals surface area contributed by atoms with Crippen molar-refractivity contribution < 1.29 is 8.42 Å². The van der Waals surface area contributed by atoms with Crippen LogP contribution in [0, 0.1) is 18.8 Å². The van der Waals surface area contributed by atoms with Crippen molar-refractivity contribution in [2.75, 3.05) is 0 Å². The van der Waals surface area contributed by atoms with Crippen LogP contribution in [-0.4, -0.2) is 8.42 Å². The predicted molar refractivity (Wildman–Crippen MR) is 75.0 cm³/mol. The molecule has 19 heavy (non-hydrogen) atoms. The summed E-state index contributed by atoms with van der Waals surface area (Å²) in [4.78, 5) is 0.0506. The van der Waals surface area contributed by atoms with E-state index < -0.39 is 10.0 Å². The second-order valence-corrected chi connectivity index (χ2v) is 5.69. The van der Waals surface area contributed by atoms with Crippen LogP contribution < -0.4 is 5.14 Å². The molecule has 3 nitrogen and oxygen atoms in total. The summed E-state index contributed by atoms with van der Waals surface area (Å²) in [5, 5.41) is 5.15. The van der Waals surface area contributed by atoms with E-state index in [1.165, 1.54) is 6.07 Å². The molecule has 0 unspecified atom stereocenters. The summed E-state index contributed by atoms with van der Waals surface area (Å²) >= 11 is 0. The minimum Gasteiger partial charge on any atom is -0.225 e. The monoisotopic (exact) mass is 271 g/mol. The summed E-state index contributed by atoms with van der Waals surface area (Å²) in [6.45, 7) is 1.99. The van der Waals surface area contributed by atoms with Crippen molar-refractivity contribution in [2.24, 2.45) is 5.14 Å². The second-order valence-electron chi connectivity index (χ2n) is 4.16. The zero-order chi connectivity index (χ0) is 13.9. The van der Waals surface area contributed by atoms with Gasteiger partial charge in [0.15, 0.2) is 0 Å². The molecule has 0 bridgehead atoms. The topological polar surface area (TPSA) is 60.2 Å². The van der Waals surface area contributed by atoms with Gasteiger partial charge < -0.3 is 0 Å². The van der Waals surface area contributed by atoms with Gasteiger partial charge in [-0.05, 0) is 31.2 Å². The lowest BCUT2D eigenvalue weighted by molar-refractivity contribution is 0.597. The zero-order valence-corrected chi connectivity index (χ0v) is 11.2. The fourth-order valence-corrected chi connectivity index (χ4v) is 2.29. The van der Waals surface area contributed by atoms with Crippen LogP contribution >= 0.6 is 0 Å². The summed E-state index contributed by atoms with van der Waals surface area (Å²) in [7, 11) is -3.75. The van der Waals surface area contributed by atoms with E-state index in [1.54, 1.807) is 18.2 Å². The van der Waals surface area contributed by atoms with Crippen LogP contribution in [0.5, 0.6) is 0 Å². The maximum Gasteiger partial charge on any atom is 0.239 e. The van der Waals surface area contributed by atoms with Gasteiger partial charge in [0.25, 0.3) is 0 Å². The highest BCUT2D eigenvalue weighted by Crippen LogP contribution is 2.12. The Hall–Kier alpha value is -2.09. The van der Waals surface area contributed by atoms with E-state index in [-0.39, 0.29) is 4.90 Å². The third kappa shape index (κ3) is 3.44. The van der Waals surface area contributed by atoms with Crippen molar-refractivity contribution in [1.82, 2.24) is 0 Å². The molecule has 0 heterocycles. The normalized spacial score (nSPS) is 10.6. The van der Waals surface area contributed by atoms with E-state index >= 15 is 0 Å². The third-order valence-electron chi connectivity index (χ3n) is 2.59. The number of primary sulfonamides is 1. The first-order chi connectivity index (χ1) is 8.97. The third-order valence-corrected chi connectivity index (χ3v) is 3.56. The van der Waals surface area contributed by atoms with Gasteiger partial charge in [-0.2, -0.15) is 0 Å².